The molecule has 0 aromatic carbocycles. The lowest BCUT2D eigenvalue weighted by Gasteiger charge is -2.29. The van der Waals surface area contributed by atoms with Crippen molar-refractivity contribution in [1.29, 1.82) is 0 Å². The molecule has 18 amide bonds. The van der Waals surface area contributed by atoms with Crippen molar-refractivity contribution in [1.82, 2.24) is 110 Å². The first-order valence-electron chi connectivity index (χ1n) is 39.7. The highest BCUT2D eigenvalue weighted by molar-refractivity contribution is 6.01. The molecule has 0 aliphatic carbocycles. The summed E-state index contributed by atoms with van der Waals surface area (Å²) in [5.74, 6) is -18.7. The second kappa shape index (κ2) is 50.8. The van der Waals surface area contributed by atoms with Gasteiger partial charge in [0.2, 0.25) is 106 Å². The maximum absolute atomic E-state index is 14.2. The lowest BCUT2D eigenvalue weighted by atomic mass is 9.96. The van der Waals surface area contributed by atoms with Gasteiger partial charge in [-0.15, -0.1) is 0 Å². The number of primary amides is 2. The molecule has 0 bridgehead atoms. The standard InChI is InChI=1S/C75H123N23O21/c1-15-39(10)60(74(118)96-51(24-38(8)9)73(117)98-61(43(14)99)75(119)91-48(62(77)106)21-35(2)3)97-58(103)32-82-64(108)41(12)87-65(109)42(13)88-69(113)53(26-45-29-79-34-85-45)95-72(116)54(27-55(76)100)89-57(102)31-81-63(107)40(11)86-56(101)30-83-66(110)52(25-44-28-78-33-84-44)94-71(115)50(23-37(6)7)93-70(114)49(22-36(4)5)92-68(112)47(18-19-59(104)105)90-67(111)46-17-16-20-80-46/h28-29,33-43,46-54,60-61,80,99H,15-27,30-32H2,1-14H3,(H2,76,100)(H2,77,106)(H,78,84)(H,79,85)(H,81,107)(H,82,108)(H,83,110)(H,86,101)(H,87,109)(H,88,113)(H,89,102)(H,90,111)(H,91,119)(H,92,112)(H,93,114)(H,94,115)(H,95,116)(H,96,118)(H,97,103)(H,98,117)(H,104,105)/t39-,40-,41-,42-,43+,46-,47-,48-,49-,50-,51-,52-,53-,54-,60-,61-/m0/s1. The number of amides is 18. The normalized spacial score (nSPS) is 16.3. The van der Waals surface area contributed by atoms with Crippen molar-refractivity contribution >= 4 is 112 Å². The Morgan fingerprint density at radius 1 is 0.429 bits per heavy atom. The lowest BCUT2D eigenvalue weighted by Crippen LogP contribution is -2.61. The predicted octanol–water partition coefficient (Wildman–Crippen LogP) is -6.78. The molecule has 25 N–H and O–H groups in total. The summed E-state index contributed by atoms with van der Waals surface area (Å²) < 4.78 is 0. The van der Waals surface area contributed by atoms with Crippen molar-refractivity contribution in [3.8, 4) is 0 Å². The molecule has 664 valence electrons. The zero-order valence-corrected chi connectivity index (χ0v) is 69.9. The third-order valence-electron chi connectivity index (χ3n) is 18.7. The van der Waals surface area contributed by atoms with E-state index in [4.69, 9.17) is 11.5 Å². The number of hydrogen-bond donors (Lipinski definition) is 23. The molecule has 44 heteroatoms. The number of carbonyl (C=O) groups is 19. The summed E-state index contributed by atoms with van der Waals surface area (Å²) in [4.78, 5) is 267. The first-order valence-corrected chi connectivity index (χ1v) is 39.7. The Hall–Kier alpha value is -11.7. The van der Waals surface area contributed by atoms with Crippen LogP contribution in [0.25, 0.3) is 0 Å². The van der Waals surface area contributed by atoms with E-state index in [1.54, 1.807) is 69.2 Å². The Morgan fingerprint density at radius 3 is 1.25 bits per heavy atom. The summed E-state index contributed by atoms with van der Waals surface area (Å²) in [5.41, 5.74) is 11.6. The third-order valence-corrected chi connectivity index (χ3v) is 18.7. The number of aliphatic hydroxyl groups excluding tert-OH is 1. The van der Waals surface area contributed by atoms with Gasteiger partial charge in [0.15, 0.2) is 0 Å². The first-order chi connectivity index (χ1) is 55.8. The van der Waals surface area contributed by atoms with Crippen LogP contribution in [-0.2, 0) is 104 Å². The van der Waals surface area contributed by atoms with Crippen LogP contribution in [0.5, 0.6) is 0 Å². The summed E-state index contributed by atoms with van der Waals surface area (Å²) in [6, 6.07) is -18.8. The number of H-pyrrole nitrogens is 2. The molecule has 1 saturated heterocycles. The number of carboxylic acids is 1. The minimum Gasteiger partial charge on any atom is -0.481 e. The molecule has 1 aliphatic rings. The number of aromatic nitrogens is 4. The molecule has 0 spiro atoms. The number of aromatic amines is 2. The van der Waals surface area contributed by atoms with E-state index in [0.29, 0.717) is 31.5 Å². The number of carboxylic acid groups (broad SMARTS) is 1. The summed E-state index contributed by atoms with van der Waals surface area (Å²) in [6.45, 7) is 20.7. The van der Waals surface area contributed by atoms with E-state index in [1.165, 1.54) is 52.7 Å². The highest BCUT2D eigenvalue weighted by atomic mass is 16.4. The van der Waals surface area contributed by atoms with E-state index in [1.807, 2.05) is 0 Å². The van der Waals surface area contributed by atoms with Gasteiger partial charge in [-0.05, 0) is 109 Å². The van der Waals surface area contributed by atoms with Crippen LogP contribution in [-0.4, -0.2) is 259 Å². The molecule has 0 unspecified atom stereocenters. The van der Waals surface area contributed by atoms with Crippen LogP contribution in [0, 0.1) is 29.6 Å². The molecule has 119 heavy (non-hydrogen) atoms. The highest BCUT2D eigenvalue weighted by Gasteiger charge is 2.39. The number of aliphatic hydroxyl groups is 1. The predicted molar refractivity (Wildman–Crippen MR) is 426 cm³/mol. The Labute approximate surface area is 689 Å². The zero-order chi connectivity index (χ0) is 89.7. The molecule has 1 aliphatic heterocycles. The van der Waals surface area contributed by atoms with Crippen LogP contribution in [0.2, 0.25) is 0 Å². The van der Waals surface area contributed by atoms with Crippen molar-refractivity contribution in [2.45, 2.75) is 265 Å². The number of nitrogens with two attached hydrogens (primary N) is 2. The van der Waals surface area contributed by atoms with E-state index >= 15 is 0 Å². The first kappa shape index (κ1) is 101. The average Bonchev–Trinajstić information content (AvgIpc) is 1.63. The number of rotatable bonds is 53. The summed E-state index contributed by atoms with van der Waals surface area (Å²) in [6.07, 6.45) is 3.46. The molecule has 0 radical (unpaired) electrons. The molecule has 2 aromatic heterocycles. The van der Waals surface area contributed by atoms with Crippen LogP contribution in [0.15, 0.2) is 25.0 Å². The second-order valence-electron chi connectivity index (χ2n) is 31.3. The number of carbonyl (C=O) groups excluding carboxylic acids is 18. The molecular weight excluding hydrogens is 1560 g/mol. The van der Waals surface area contributed by atoms with E-state index in [0.717, 1.165) is 0 Å². The number of nitrogens with zero attached hydrogens (tertiary/aromatic N) is 2. The third kappa shape index (κ3) is 37.6. The van der Waals surface area contributed by atoms with Gasteiger partial charge in [0.25, 0.3) is 0 Å². The van der Waals surface area contributed by atoms with Gasteiger partial charge < -0.3 is 122 Å². The van der Waals surface area contributed by atoms with Gasteiger partial charge in [0.05, 0.1) is 50.9 Å². The SMILES string of the molecule is CC[C@H](C)[C@H](NC(=O)CNC(=O)[C@H](C)NC(=O)[C@H](C)NC(=O)[C@H](Cc1cnc[nH]1)NC(=O)[C@H](CC(N)=O)NC(=O)CNC(=O)[C@H](C)NC(=O)CNC(=O)[C@H](Cc1cnc[nH]1)NC(=O)[C@H](CC(C)C)NC(=O)[C@H](CC(C)C)NC(=O)[C@H](CCC(=O)O)NC(=O)[C@@H]1CCCN1)C(=O)N[C@@H](CC(C)C)C(=O)N[C@H](C(=O)N[C@@H](CC(C)C)C(N)=O)[C@@H](C)O. The lowest BCUT2D eigenvalue weighted by molar-refractivity contribution is -0.138. The number of imidazole rings is 2. The topological polar surface area (TPSA) is 679 Å². The van der Waals surface area contributed by atoms with Gasteiger partial charge in [0, 0.05) is 43.0 Å². The quantitative estimate of drug-likeness (QED) is 0.0293. The Bertz CT molecular complexity index is 3790. The Balaban J connectivity index is 1.64. The molecule has 44 nitrogen and oxygen atoms in total. The maximum Gasteiger partial charge on any atom is 0.303 e. The molecular formula is C75H123N23O21. The Morgan fingerprint density at radius 2 is 0.815 bits per heavy atom. The minimum atomic E-state index is -1.80. The van der Waals surface area contributed by atoms with Crippen molar-refractivity contribution in [2.24, 2.45) is 41.1 Å². The van der Waals surface area contributed by atoms with Gasteiger partial charge in [-0.3, -0.25) is 91.1 Å². The molecule has 2 aromatic rings. The second-order valence-corrected chi connectivity index (χ2v) is 31.3. The smallest absolute Gasteiger partial charge is 0.303 e. The zero-order valence-electron chi connectivity index (χ0n) is 69.9. The molecule has 1 fully saturated rings. The van der Waals surface area contributed by atoms with Crippen molar-refractivity contribution in [2.75, 3.05) is 26.2 Å². The fraction of sp³-hybridized carbons (Fsp3) is 0.667. The van der Waals surface area contributed by atoms with Crippen molar-refractivity contribution in [3.05, 3.63) is 36.4 Å². The summed E-state index contributed by atoms with van der Waals surface area (Å²) in [5, 5.41) is 62.4. The van der Waals surface area contributed by atoms with Crippen LogP contribution in [0.4, 0.5) is 0 Å². The van der Waals surface area contributed by atoms with Crippen molar-refractivity contribution in [3.63, 3.8) is 0 Å². The van der Waals surface area contributed by atoms with E-state index in [-0.39, 0.29) is 74.3 Å². The fourth-order valence-corrected chi connectivity index (χ4v) is 12.1. The molecule has 16 atom stereocenters. The number of hydrogen-bond acceptors (Lipinski definition) is 23. The maximum atomic E-state index is 14.2. The average molecular weight is 1680 g/mol. The van der Waals surface area contributed by atoms with Crippen LogP contribution >= 0.6 is 0 Å². The molecule has 0 saturated carbocycles. The molecule has 3 heterocycles. The van der Waals surface area contributed by atoms with Gasteiger partial charge in [-0.25, -0.2) is 9.97 Å². The van der Waals surface area contributed by atoms with Gasteiger partial charge >= 0.3 is 5.97 Å². The van der Waals surface area contributed by atoms with Crippen LogP contribution < -0.4 is 102 Å². The van der Waals surface area contributed by atoms with Crippen LogP contribution in [0.1, 0.15) is 173 Å². The molecule has 3 rings (SSSR count). The van der Waals surface area contributed by atoms with Gasteiger partial charge in [0.1, 0.15) is 78.5 Å². The van der Waals surface area contributed by atoms with E-state index < -0.39 is 241 Å². The van der Waals surface area contributed by atoms with Crippen LogP contribution in [0.3, 0.4) is 0 Å². The minimum absolute atomic E-state index is 0.0239. The van der Waals surface area contributed by atoms with Crippen molar-refractivity contribution < 1.29 is 101 Å². The fourth-order valence-electron chi connectivity index (χ4n) is 12.1. The number of nitrogens with one attached hydrogen (secondary N) is 19. The number of aliphatic carboxylic acids is 1. The Kier molecular flexibility index (Phi) is 43.3. The highest BCUT2D eigenvalue weighted by Crippen LogP contribution is 2.16. The summed E-state index contributed by atoms with van der Waals surface area (Å²) >= 11 is 0. The van der Waals surface area contributed by atoms with Gasteiger partial charge in [-0.2, -0.15) is 0 Å². The van der Waals surface area contributed by atoms with Gasteiger partial charge in [-0.1, -0.05) is 75.7 Å². The van der Waals surface area contributed by atoms with E-state index in [2.05, 4.69) is 110 Å². The summed E-state index contributed by atoms with van der Waals surface area (Å²) in [7, 11) is 0. The monoisotopic (exact) mass is 1680 g/mol. The van der Waals surface area contributed by atoms with E-state index in [9.17, 15) is 101 Å². The largest absolute Gasteiger partial charge is 0.481 e.